The summed E-state index contributed by atoms with van der Waals surface area (Å²) in [6.45, 7) is 0.665. The number of benzene rings is 1. The lowest BCUT2D eigenvalue weighted by molar-refractivity contribution is 1.09. The van der Waals surface area contributed by atoms with Crippen LogP contribution >= 0.6 is 27.5 Å². The largest absolute Gasteiger partial charge is 0.363 e. The van der Waals surface area contributed by atoms with Crippen LogP contribution in [0.15, 0.2) is 41.1 Å². The maximum atomic E-state index is 5.88. The smallest absolute Gasteiger partial charge is 0.171 e. The van der Waals surface area contributed by atoms with E-state index in [1.54, 1.807) is 12.4 Å². The first-order valence-electron chi connectivity index (χ1n) is 4.70. The normalized spacial score (nSPS) is 10.1. The summed E-state index contributed by atoms with van der Waals surface area (Å²) in [5, 5.41) is 3.52. The fourth-order valence-electron chi connectivity index (χ4n) is 1.27. The summed E-state index contributed by atoms with van der Waals surface area (Å²) in [4.78, 5) is 8.04. The lowest BCUT2D eigenvalue weighted by Gasteiger charge is -2.06. The van der Waals surface area contributed by atoms with Crippen LogP contribution in [-0.2, 0) is 6.54 Å². The standard InChI is InChI=1S/C11H9BrClN3/c12-9-3-1-2-8(6-9)7-16-11-10(13)14-4-5-15-11/h1-6H,7H2,(H,15,16). The van der Waals surface area contributed by atoms with Crippen LogP contribution in [0.25, 0.3) is 0 Å². The second-order valence-electron chi connectivity index (χ2n) is 3.18. The Bertz CT molecular complexity index is 490. The Kier molecular flexibility index (Phi) is 3.74. The number of rotatable bonds is 3. The molecular weight excluding hydrogens is 289 g/mol. The van der Waals surface area contributed by atoms with Crippen LogP contribution in [-0.4, -0.2) is 9.97 Å². The van der Waals surface area contributed by atoms with E-state index in [9.17, 15) is 0 Å². The maximum absolute atomic E-state index is 5.88. The molecule has 82 valence electrons. The minimum absolute atomic E-state index is 0.387. The Morgan fingerprint density at radius 2 is 2.06 bits per heavy atom. The maximum Gasteiger partial charge on any atom is 0.171 e. The molecule has 1 aromatic carbocycles. The molecule has 0 saturated heterocycles. The fourth-order valence-corrected chi connectivity index (χ4v) is 1.89. The SMILES string of the molecule is Clc1nccnc1NCc1cccc(Br)c1. The Hall–Kier alpha value is -1.13. The highest BCUT2D eigenvalue weighted by molar-refractivity contribution is 9.10. The Morgan fingerprint density at radius 1 is 1.25 bits per heavy atom. The van der Waals surface area contributed by atoms with Gasteiger partial charge in [0.2, 0.25) is 0 Å². The van der Waals surface area contributed by atoms with E-state index in [2.05, 4.69) is 31.2 Å². The van der Waals surface area contributed by atoms with Crippen molar-refractivity contribution in [2.75, 3.05) is 5.32 Å². The zero-order valence-electron chi connectivity index (χ0n) is 8.32. The van der Waals surface area contributed by atoms with Gasteiger partial charge in [-0.25, -0.2) is 9.97 Å². The van der Waals surface area contributed by atoms with E-state index < -0.39 is 0 Å². The Labute approximate surface area is 107 Å². The van der Waals surface area contributed by atoms with Crippen molar-refractivity contribution in [1.82, 2.24) is 9.97 Å². The molecule has 0 spiro atoms. The number of nitrogens with zero attached hydrogens (tertiary/aromatic N) is 2. The third kappa shape index (κ3) is 2.93. The second-order valence-corrected chi connectivity index (χ2v) is 4.45. The third-order valence-corrected chi connectivity index (χ3v) is 2.77. The zero-order chi connectivity index (χ0) is 11.4. The summed E-state index contributed by atoms with van der Waals surface area (Å²) < 4.78 is 1.05. The van der Waals surface area contributed by atoms with Crippen LogP contribution in [0, 0.1) is 0 Å². The van der Waals surface area contributed by atoms with Gasteiger partial charge in [-0.3, -0.25) is 0 Å². The highest BCUT2D eigenvalue weighted by Crippen LogP contribution is 2.16. The number of nitrogens with one attached hydrogen (secondary N) is 1. The van der Waals surface area contributed by atoms with E-state index >= 15 is 0 Å². The highest BCUT2D eigenvalue weighted by atomic mass is 79.9. The lowest BCUT2D eigenvalue weighted by atomic mass is 10.2. The molecule has 0 atom stereocenters. The van der Waals surface area contributed by atoms with E-state index in [0.717, 1.165) is 10.0 Å². The van der Waals surface area contributed by atoms with E-state index in [-0.39, 0.29) is 0 Å². The lowest BCUT2D eigenvalue weighted by Crippen LogP contribution is -2.02. The predicted octanol–water partition coefficient (Wildman–Crippen LogP) is 3.50. The van der Waals surface area contributed by atoms with Gasteiger partial charge in [-0.05, 0) is 17.7 Å². The molecule has 0 aliphatic rings. The molecule has 0 radical (unpaired) electrons. The van der Waals surface area contributed by atoms with Crippen LogP contribution in [0.5, 0.6) is 0 Å². The van der Waals surface area contributed by atoms with Crippen molar-refractivity contribution in [3.8, 4) is 0 Å². The molecule has 5 heteroatoms. The first kappa shape index (κ1) is 11.4. The second kappa shape index (κ2) is 5.27. The number of hydrogen-bond donors (Lipinski definition) is 1. The molecule has 0 amide bonds. The first-order valence-corrected chi connectivity index (χ1v) is 5.87. The summed E-state index contributed by atoms with van der Waals surface area (Å²) in [5.74, 6) is 0.601. The molecule has 1 N–H and O–H groups in total. The Morgan fingerprint density at radius 3 is 2.81 bits per heavy atom. The molecule has 0 aliphatic carbocycles. The first-order chi connectivity index (χ1) is 7.75. The average molecular weight is 299 g/mol. The van der Waals surface area contributed by atoms with Gasteiger partial charge in [0, 0.05) is 23.4 Å². The molecule has 0 aliphatic heterocycles. The molecule has 3 nitrogen and oxygen atoms in total. The summed E-state index contributed by atoms with van der Waals surface area (Å²) >= 11 is 9.30. The van der Waals surface area contributed by atoms with Crippen molar-refractivity contribution in [3.63, 3.8) is 0 Å². The molecule has 0 bridgehead atoms. The molecule has 0 fully saturated rings. The van der Waals surface area contributed by atoms with Gasteiger partial charge in [-0.2, -0.15) is 0 Å². The third-order valence-electron chi connectivity index (χ3n) is 2.00. The molecule has 2 aromatic rings. The molecule has 1 heterocycles. The molecule has 2 rings (SSSR count). The van der Waals surface area contributed by atoms with E-state index in [1.807, 2.05) is 24.3 Å². The summed E-state index contributed by atoms with van der Waals surface area (Å²) in [5.41, 5.74) is 1.15. The Balaban J connectivity index is 2.05. The van der Waals surface area contributed by atoms with Crippen LogP contribution in [0.2, 0.25) is 5.15 Å². The summed E-state index contributed by atoms with van der Waals surface area (Å²) in [6, 6.07) is 8.04. The molecular formula is C11H9BrClN3. The van der Waals surface area contributed by atoms with Gasteiger partial charge in [-0.1, -0.05) is 39.7 Å². The van der Waals surface area contributed by atoms with Crippen LogP contribution in [0.1, 0.15) is 5.56 Å². The number of anilines is 1. The van der Waals surface area contributed by atoms with Gasteiger partial charge in [0.25, 0.3) is 0 Å². The quantitative estimate of drug-likeness (QED) is 0.942. The highest BCUT2D eigenvalue weighted by Gasteiger charge is 2.01. The summed E-state index contributed by atoms with van der Waals surface area (Å²) in [6.07, 6.45) is 3.17. The van der Waals surface area contributed by atoms with E-state index in [0.29, 0.717) is 17.5 Å². The van der Waals surface area contributed by atoms with Gasteiger partial charge in [0.1, 0.15) is 0 Å². The van der Waals surface area contributed by atoms with Gasteiger partial charge in [0.05, 0.1) is 0 Å². The zero-order valence-corrected chi connectivity index (χ0v) is 10.7. The van der Waals surface area contributed by atoms with E-state index in [4.69, 9.17) is 11.6 Å². The number of hydrogen-bond acceptors (Lipinski definition) is 3. The minimum Gasteiger partial charge on any atom is -0.363 e. The minimum atomic E-state index is 0.387. The topological polar surface area (TPSA) is 37.8 Å². The van der Waals surface area contributed by atoms with Crippen LogP contribution in [0.3, 0.4) is 0 Å². The predicted molar refractivity (Wildman–Crippen MR) is 68.5 cm³/mol. The molecule has 0 saturated carbocycles. The van der Waals surface area contributed by atoms with Gasteiger partial charge in [-0.15, -0.1) is 0 Å². The number of halogens is 2. The van der Waals surface area contributed by atoms with Crippen LogP contribution < -0.4 is 5.32 Å². The van der Waals surface area contributed by atoms with Gasteiger partial charge >= 0.3 is 0 Å². The summed E-state index contributed by atoms with van der Waals surface area (Å²) in [7, 11) is 0. The van der Waals surface area contributed by atoms with Crippen molar-refractivity contribution in [3.05, 3.63) is 51.8 Å². The van der Waals surface area contributed by atoms with E-state index in [1.165, 1.54) is 0 Å². The van der Waals surface area contributed by atoms with Crippen molar-refractivity contribution in [2.45, 2.75) is 6.54 Å². The van der Waals surface area contributed by atoms with Crippen molar-refractivity contribution >= 4 is 33.3 Å². The van der Waals surface area contributed by atoms with Crippen molar-refractivity contribution < 1.29 is 0 Å². The average Bonchev–Trinajstić information content (AvgIpc) is 2.28. The number of aromatic nitrogens is 2. The molecule has 0 unspecified atom stereocenters. The molecule has 1 aromatic heterocycles. The molecule has 16 heavy (non-hydrogen) atoms. The van der Waals surface area contributed by atoms with Crippen LogP contribution in [0.4, 0.5) is 5.82 Å². The van der Waals surface area contributed by atoms with Gasteiger partial charge < -0.3 is 5.32 Å². The monoisotopic (exact) mass is 297 g/mol. The van der Waals surface area contributed by atoms with Crippen molar-refractivity contribution in [2.24, 2.45) is 0 Å². The fraction of sp³-hybridized carbons (Fsp3) is 0.0909. The van der Waals surface area contributed by atoms with Gasteiger partial charge in [0.15, 0.2) is 11.0 Å². The van der Waals surface area contributed by atoms with Crippen molar-refractivity contribution in [1.29, 1.82) is 0 Å².